The van der Waals surface area contributed by atoms with Crippen LogP contribution in [0.25, 0.3) is 6.08 Å². The maximum atomic E-state index is 13.7. The van der Waals surface area contributed by atoms with Gasteiger partial charge in [0.25, 0.3) is 5.91 Å². The molecule has 0 spiro atoms. The van der Waals surface area contributed by atoms with Crippen LogP contribution in [0.2, 0.25) is 0 Å². The number of fused-ring (bicyclic) bond motifs is 1. The van der Waals surface area contributed by atoms with Crippen molar-refractivity contribution in [3.05, 3.63) is 112 Å². The van der Waals surface area contributed by atoms with Crippen LogP contribution in [0.15, 0.2) is 77.4 Å². The van der Waals surface area contributed by atoms with Gasteiger partial charge in [-0.05, 0) is 103 Å². The number of rotatable bonds is 5. The molecule has 0 N–H and O–H groups in total. The van der Waals surface area contributed by atoms with E-state index >= 15 is 0 Å². The summed E-state index contributed by atoms with van der Waals surface area (Å²) in [6.45, 7) is 3.39. The van der Waals surface area contributed by atoms with Crippen LogP contribution in [0.4, 0.5) is 8.78 Å². The van der Waals surface area contributed by atoms with Gasteiger partial charge in [-0.2, -0.15) is 5.10 Å². The van der Waals surface area contributed by atoms with Crippen LogP contribution >= 0.6 is 0 Å². The SMILES string of the molecule is Cc1ccc(C(=O)OCC(=O)N2N=C3C(=Cc4ccc(F)cc4)CCCC3C2c2ccc(F)cc2)cc1C. The second kappa shape index (κ2) is 10.7. The number of benzene rings is 3. The summed E-state index contributed by atoms with van der Waals surface area (Å²) in [5.41, 5.74) is 5.74. The fraction of sp³-hybridized carbons (Fsp3) is 0.258. The molecule has 1 amide bonds. The molecule has 0 bridgehead atoms. The molecule has 1 saturated carbocycles. The lowest BCUT2D eigenvalue weighted by Gasteiger charge is -2.29. The van der Waals surface area contributed by atoms with E-state index in [0.717, 1.165) is 52.8 Å². The molecule has 2 aliphatic rings. The van der Waals surface area contributed by atoms with E-state index in [1.807, 2.05) is 26.0 Å². The van der Waals surface area contributed by atoms with Gasteiger partial charge < -0.3 is 4.74 Å². The smallest absolute Gasteiger partial charge is 0.338 e. The van der Waals surface area contributed by atoms with Gasteiger partial charge in [-0.15, -0.1) is 0 Å². The molecule has 5 rings (SSSR count). The second-order valence-corrected chi connectivity index (χ2v) is 9.81. The lowest BCUT2D eigenvalue weighted by atomic mass is 9.77. The van der Waals surface area contributed by atoms with Crippen molar-refractivity contribution in [3.63, 3.8) is 0 Å². The Hall–Kier alpha value is -4.13. The van der Waals surface area contributed by atoms with Crippen LogP contribution in [0.3, 0.4) is 0 Å². The number of allylic oxidation sites excluding steroid dienone is 1. The summed E-state index contributed by atoms with van der Waals surface area (Å²) in [7, 11) is 0. The molecule has 0 saturated heterocycles. The zero-order chi connectivity index (χ0) is 26.8. The molecule has 194 valence electrons. The summed E-state index contributed by atoms with van der Waals surface area (Å²) in [5, 5.41) is 6.11. The van der Waals surface area contributed by atoms with E-state index in [1.165, 1.54) is 29.3 Å². The molecule has 0 aromatic heterocycles. The molecule has 5 nitrogen and oxygen atoms in total. The van der Waals surface area contributed by atoms with Crippen molar-refractivity contribution in [1.82, 2.24) is 5.01 Å². The highest BCUT2D eigenvalue weighted by atomic mass is 19.1. The molecule has 38 heavy (non-hydrogen) atoms. The lowest BCUT2D eigenvalue weighted by Crippen LogP contribution is -2.34. The minimum absolute atomic E-state index is 0.0969. The summed E-state index contributed by atoms with van der Waals surface area (Å²) in [5.74, 6) is -1.82. The van der Waals surface area contributed by atoms with Crippen LogP contribution in [0.5, 0.6) is 0 Å². The van der Waals surface area contributed by atoms with Crippen LogP contribution in [0.1, 0.15) is 57.9 Å². The number of amides is 1. The van der Waals surface area contributed by atoms with E-state index in [1.54, 1.807) is 36.4 Å². The Morgan fingerprint density at radius 2 is 1.66 bits per heavy atom. The molecule has 1 fully saturated rings. The van der Waals surface area contributed by atoms with Crippen molar-refractivity contribution in [1.29, 1.82) is 0 Å². The number of carbonyl (C=O) groups is 2. The van der Waals surface area contributed by atoms with Crippen molar-refractivity contribution in [2.45, 2.75) is 39.2 Å². The summed E-state index contributed by atoms with van der Waals surface area (Å²) < 4.78 is 32.5. The Bertz CT molecular complexity index is 1430. The zero-order valence-corrected chi connectivity index (χ0v) is 21.3. The molecule has 2 atom stereocenters. The standard InChI is InChI=1S/C31H28F2N2O3/c1-19-6-9-24(16-20(19)2)31(37)38-18-28(36)35-30(22-10-14-26(33)15-11-22)27-5-3-4-23(29(27)34-35)17-21-7-12-25(32)13-8-21/h6-17,27,30H,3-5,18H2,1-2H3. The number of nitrogens with zero attached hydrogens (tertiary/aromatic N) is 2. The van der Waals surface area contributed by atoms with Gasteiger partial charge in [0.1, 0.15) is 11.6 Å². The van der Waals surface area contributed by atoms with Crippen LogP contribution in [0, 0.1) is 31.4 Å². The minimum Gasteiger partial charge on any atom is -0.452 e. The lowest BCUT2D eigenvalue weighted by molar-refractivity contribution is -0.137. The maximum Gasteiger partial charge on any atom is 0.338 e. The van der Waals surface area contributed by atoms with E-state index in [2.05, 4.69) is 0 Å². The zero-order valence-electron chi connectivity index (χ0n) is 21.3. The summed E-state index contributed by atoms with van der Waals surface area (Å²) in [4.78, 5) is 26.0. The van der Waals surface area contributed by atoms with Crippen molar-refractivity contribution in [3.8, 4) is 0 Å². The minimum atomic E-state index is -0.582. The van der Waals surface area contributed by atoms with Crippen molar-refractivity contribution >= 4 is 23.7 Å². The number of hydrogen-bond donors (Lipinski definition) is 0. The second-order valence-electron chi connectivity index (χ2n) is 9.81. The maximum absolute atomic E-state index is 13.7. The Morgan fingerprint density at radius 1 is 0.974 bits per heavy atom. The van der Waals surface area contributed by atoms with Crippen LogP contribution < -0.4 is 0 Å². The highest BCUT2D eigenvalue weighted by Gasteiger charge is 2.43. The molecule has 2 unspecified atom stereocenters. The van der Waals surface area contributed by atoms with E-state index < -0.39 is 24.5 Å². The summed E-state index contributed by atoms with van der Waals surface area (Å²) in [6.07, 6.45) is 4.43. The Labute approximate surface area is 220 Å². The van der Waals surface area contributed by atoms with Gasteiger partial charge in [0, 0.05) is 5.92 Å². The van der Waals surface area contributed by atoms with Gasteiger partial charge in [0.15, 0.2) is 6.61 Å². The number of carbonyl (C=O) groups excluding carboxylic acids is 2. The molecule has 3 aromatic rings. The molecule has 1 heterocycles. The molecule has 7 heteroatoms. The number of hydrazone groups is 1. The first kappa shape index (κ1) is 25.5. The monoisotopic (exact) mass is 514 g/mol. The molecule has 1 aliphatic heterocycles. The first-order valence-corrected chi connectivity index (χ1v) is 12.7. The average molecular weight is 515 g/mol. The largest absolute Gasteiger partial charge is 0.452 e. The number of hydrogen-bond acceptors (Lipinski definition) is 4. The van der Waals surface area contributed by atoms with Gasteiger partial charge in [-0.3, -0.25) is 4.79 Å². The van der Waals surface area contributed by atoms with E-state index in [9.17, 15) is 18.4 Å². The fourth-order valence-electron chi connectivity index (χ4n) is 5.11. The first-order chi connectivity index (χ1) is 18.3. The Kier molecular flexibility index (Phi) is 7.18. The third kappa shape index (κ3) is 5.28. The molecule has 1 aliphatic carbocycles. The van der Waals surface area contributed by atoms with Gasteiger partial charge in [-0.1, -0.05) is 30.3 Å². The predicted molar refractivity (Wildman–Crippen MR) is 141 cm³/mol. The number of halogens is 2. The van der Waals surface area contributed by atoms with Gasteiger partial charge in [0.05, 0.1) is 17.3 Å². The summed E-state index contributed by atoms with van der Waals surface area (Å²) >= 11 is 0. The molecule has 0 radical (unpaired) electrons. The topological polar surface area (TPSA) is 59.0 Å². The fourth-order valence-corrected chi connectivity index (χ4v) is 5.11. The third-order valence-corrected chi connectivity index (χ3v) is 7.25. The average Bonchev–Trinajstić information content (AvgIpc) is 3.31. The molecular weight excluding hydrogens is 486 g/mol. The quantitative estimate of drug-likeness (QED) is 0.362. The van der Waals surface area contributed by atoms with Crippen LogP contribution in [-0.4, -0.2) is 29.2 Å². The number of ether oxygens (including phenoxy) is 1. The molecule has 3 aromatic carbocycles. The van der Waals surface area contributed by atoms with Crippen molar-refractivity contribution < 1.29 is 23.1 Å². The Morgan fingerprint density at radius 3 is 2.34 bits per heavy atom. The van der Waals surface area contributed by atoms with Gasteiger partial charge in [-0.25, -0.2) is 18.6 Å². The molecular formula is C31H28F2N2O3. The first-order valence-electron chi connectivity index (χ1n) is 12.7. The normalized spacial score (nSPS) is 19.7. The number of esters is 1. The van der Waals surface area contributed by atoms with Crippen LogP contribution in [-0.2, 0) is 9.53 Å². The third-order valence-electron chi connectivity index (χ3n) is 7.25. The van der Waals surface area contributed by atoms with Crippen molar-refractivity contribution in [2.24, 2.45) is 11.0 Å². The van der Waals surface area contributed by atoms with E-state index in [0.29, 0.717) is 5.56 Å². The van der Waals surface area contributed by atoms with Crippen molar-refractivity contribution in [2.75, 3.05) is 6.61 Å². The predicted octanol–water partition coefficient (Wildman–Crippen LogP) is 6.56. The van der Waals surface area contributed by atoms with E-state index in [4.69, 9.17) is 9.84 Å². The highest BCUT2D eigenvalue weighted by molar-refractivity contribution is 6.08. The number of aryl methyl sites for hydroxylation is 2. The summed E-state index contributed by atoms with van der Waals surface area (Å²) in [6, 6.07) is 17.1. The van der Waals surface area contributed by atoms with E-state index in [-0.39, 0.29) is 17.6 Å². The Balaban J connectivity index is 1.42. The highest BCUT2D eigenvalue weighted by Crippen LogP contribution is 2.44. The van der Waals surface area contributed by atoms with Gasteiger partial charge >= 0.3 is 5.97 Å². The van der Waals surface area contributed by atoms with Gasteiger partial charge in [0.2, 0.25) is 0 Å².